The van der Waals surface area contributed by atoms with Gasteiger partial charge in [-0.25, -0.2) is 9.97 Å². The van der Waals surface area contributed by atoms with Gasteiger partial charge in [0.05, 0.1) is 11.4 Å². The first kappa shape index (κ1) is 29.1. The van der Waals surface area contributed by atoms with Crippen molar-refractivity contribution in [2.75, 3.05) is 0 Å². The second kappa shape index (κ2) is 11.9. The van der Waals surface area contributed by atoms with E-state index in [1.54, 1.807) is 0 Å². The molecule has 51 heavy (non-hydrogen) atoms. The Kier molecular flexibility index (Phi) is 6.81. The summed E-state index contributed by atoms with van der Waals surface area (Å²) in [6.45, 7) is 0. The number of hydrogen-bond donors (Lipinski definition) is 0. The lowest BCUT2D eigenvalue weighted by Gasteiger charge is -2.14. The Labute approximate surface area is 295 Å². The Balaban J connectivity index is 1.20. The Bertz CT molecular complexity index is 2920. The van der Waals surface area contributed by atoms with E-state index in [1.165, 1.54) is 16.2 Å². The zero-order valence-corrected chi connectivity index (χ0v) is 27.6. The van der Waals surface area contributed by atoms with Gasteiger partial charge in [-0.3, -0.25) is 0 Å². The van der Waals surface area contributed by atoms with Gasteiger partial charge in [0.2, 0.25) is 0 Å². The van der Waals surface area contributed by atoms with E-state index in [4.69, 9.17) is 14.4 Å². The highest BCUT2D eigenvalue weighted by atomic mass is 16.3. The number of rotatable bonds is 5. The largest absolute Gasteiger partial charge is 0.456 e. The molecule has 8 aromatic carbocycles. The lowest BCUT2D eigenvalue weighted by molar-refractivity contribution is 0.669. The van der Waals surface area contributed by atoms with Crippen molar-refractivity contribution in [1.29, 1.82) is 0 Å². The zero-order chi connectivity index (χ0) is 33.7. The third-order valence-corrected chi connectivity index (χ3v) is 9.82. The molecule has 3 heteroatoms. The maximum Gasteiger partial charge on any atom is 0.160 e. The fourth-order valence-electron chi connectivity index (χ4n) is 7.19. The fourth-order valence-corrected chi connectivity index (χ4v) is 7.19. The van der Waals surface area contributed by atoms with E-state index in [0.717, 1.165) is 77.7 Å². The highest BCUT2D eigenvalue weighted by Crippen LogP contribution is 2.38. The minimum Gasteiger partial charge on any atom is -0.456 e. The van der Waals surface area contributed by atoms with Gasteiger partial charge >= 0.3 is 0 Å². The van der Waals surface area contributed by atoms with Crippen LogP contribution in [0.25, 0.3) is 99.6 Å². The highest BCUT2D eigenvalue weighted by Gasteiger charge is 2.15. The summed E-state index contributed by atoms with van der Waals surface area (Å²) in [4.78, 5) is 10.4. The molecular weight excluding hydrogens is 621 g/mol. The molecule has 0 bridgehead atoms. The highest BCUT2D eigenvalue weighted by molar-refractivity contribution is 6.06. The average Bonchev–Trinajstić information content (AvgIpc) is 3.58. The summed E-state index contributed by atoms with van der Waals surface area (Å²) in [5.41, 5.74) is 11.1. The molecule has 0 saturated heterocycles. The molecule has 0 amide bonds. The number of hydrogen-bond acceptors (Lipinski definition) is 3. The Morgan fingerprint density at radius 1 is 0.294 bits per heavy atom. The molecule has 10 aromatic rings. The Morgan fingerprint density at radius 3 is 1.57 bits per heavy atom. The lowest BCUT2D eigenvalue weighted by atomic mass is 9.93. The molecule has 0 spiro atoms. The van der Waals surface area contributed by atoms with E-state index in [9.17, 15) is 0 Å². The second-order valence-corrected chi connectivity index (χ2v) is 13.1. The van der Waals surface area contributed by atoms with Crippen molar-refractivity contribution >= 4 is 43.5 Å². The van der Waals surface area contributed by atoms with Gasteiger partial charge < -0.3 is 4.42 Å². The maximum absolute atomic E-state index is 6.19. The van der Waals surface area contributed by atoms with Gasteiger partial charge in [-0.1, -0.05) is 127 Å². The minimum atomic E-state index is 0.695. The Morgan fingerprint density at radius 2 is 0.824 bits per heavy atom. The van der Waals surface area contributed by atoms with Gasteiger partial charge in [0.25, 0.3) is 0 Å². The first-order valence-electron chi connectivity index (χ1n) is 17.2. The summed E-state index contributed by atoms with van der Waals surface area (Å²) in [6.07, 6.45) is 0. The summed E-state index contributed by atoms with van der Waals surface area (Å²) in [7, 11) is 0. The Hall–Kier alpha value is -6.84. The summed E-state index contributed by atoms with van der Waals surface area (Å²) in [6, 6.07) is 64.1. The summed E-state index contributed by atoms with van der Waals surface area (Å²) < 4.78 is 6.19. The van der Waals surface area contributed by atoms with Crippen LogP contribution in [0.5, 0.6) is 0 Å². The van der Waals surface area contributed by atoms with E-state index < -0.39 is 0 Å². The fraction of sp³-hybridized carbons (Fsp3) is 0. The predicted octanol–water partition coefficient (Wildman–Crippen LogP) is 13.0. The van der Waals surface area contributed by atoms with Gasteiger partial charge in [0, 0.05) is 27.5 Å². The van der Waals surface area contributed by atoms with Gasteiger partial charge in [-0.2, -0.15) is 0 Å². The number of aromatic nitrogens is 2. The molecule has 0 saturated carbocycles. The molecule has 0 aliphatic rings. The minimum absolute atomic E-state index is 0.695. The van der Waals surface area contributed by atoms with Gasteiger partial charge in [-0.15, -0.1) is 0 Å². The number of fused-ring (bicyclic) bond motifs is 5. The molecule has 3 nitrogen and oxygen atoms in total. The van der Waals surface area contributed by atoms with Crippen molar-refractivity contribution in [2.24, 2.45) is 0 Å². The molecule has 10 rings (SSSR count). The predicted molar refractivity (Wildman–Crippen MR) is 212 cm³/mol. The van der Waals surface area contributed by atoms with Gasteiger partial charge in [0.15, 0.2) is 5.82 Å². The van der Waals surface area contributed by atoms with Crippen molar-refractivity contribution in [3.05, 3.63) is 182 Å². The summed E-state index contributed by atoms with van der Waals surface area (Å²) >= 11 is 0. The van der Waals surface area contributed by atoms with Crippen LogP contribution < -0.4 is 0 Å². The average molecular weight is 651 g/mol. The van der Waals surface area contributed by atoms with Crippen LogP contribution in [0.15, 0.2) is 186 Å². The monoisotopic (exact) mass is 650 g/mol. The third-order valence-electron chi connectivity index (χ3n) is 9.82. The van der Waals surface area contributed by atoms with Crippen LogP contribution in [0.1, 0.15) is 0 Å². The summed E-state index contributed by atoms with van der Waals surface area (Å²) in [5, 5.41) is 7.00. The van der Waals surface area contributed by atoms with E-state index in [-0.39, 0.29) is 0 Å². The van der Waals surface area contributed by atoms with Crippen LogP contribution in [0, 0.1) is 0 Å². The lowest BCUT2D eigenvalue weighted by Crippen LogP contribution is -1.96. The topological polar surface area (TPSA) is 38.9 Å². The van der Waals surface area contributed by atoms with Gasteiger partial charge in [0.1, 0.15) is 11.2 Å². The van der Waals surface area contributed by atoms with Crippen molar-refractivity contribution in [3.8, 4) is 56.2 Å². The van der Waals surface area contributed by atoms with Crippen molar-refractivity contribution < 1.29 is 4.42 Å². The molecule has 0 unspecified atom stereocenters. The van der Waals surface area contributed by atoms with E-state index in [1.807, 2.05) is 18.2 Å². The van der Waals surface area contributed by atoms with Crippen LogP contribution in [0.2, 0.25) is 0 Å². The van der Waals surface area contributed by atoms with Gasteiger partial charge in [-0.05, 0) is 98.4 Å². The number of nitrogens with zero attached hydrogens (tertiary/aromatic N) is 2. The SMILES string of the molecule is c1ccc(-c2cc(-c3cc(-c4ccc5ccccc5c4)cc(-c4ccc5oc6ccccc6c5c4)c3)nc(-c3ccc4ccccc4c3)n2)cc1. The van der Waals surface area contributed by atoms with E-state index in [2.05, 4.69) is 164 Å². The standard InChI is InChI=1S/C48H30N2O/c1-2-12-33(13-3-1)44-30-45(50-48(49-44)38-21-19-32-11-5-7-15-35(32)25-38)41-27-39(36-20-18-31-10-4-6-14-34(31)24-36)26-40(28-41)37-22-23-47-43(29-37)42-16-8-9-17-46(42)51-47/h1-30H. The van der Waals surface area contributed by atoms with Crippen molar-refractivity contribution in [2.45, 2.75) is 0 Å². The van der Waals surface area contributed by atoms with Crippen LogP contribution >= 0.6 is 0 Å². The normalized spacial score (nSPS) is 11.5. The molecule has 0 radical (unpaired) electrons. The second-order valence-electron chi connectivity index (χ2n) is 13.1. The van der Waals surface area contributed by atoms with Crippen molar-refractivity contribution in [1.82, 2.24) is 9.97 Å². The van der Waals surface area contributed by atoms with Crippen LogP contribution in [0.3, 0.4) is 0 Å². The quantitative estimate of drug-likeness (QED) is 0.186. The maximum atomic E-state index is 6.19. The molecule has 2 heterocycles. The first-order chi connectivity index (χ1) is 25.2. The molecule has 0 fully saturated rings. The van der Waals surface area contributed by atoms with E-state index in [0.29, 0.717) is 5.82 Å². The third kappa shape index (κ3) is 5.33. The molecule has 0 atom stereocenters. The number of benzene rings is 8. The molecule has 0 aliphatic carbocycles. The van der Waals surface area contributed by atoms with Crippen molar-refractivity contribution in [3.63, 3.8) is 0 Å². The molecular formula is C48H30N2O. The number of furan rings is 1. The van der Waals surface area contributed by atoms with Crippen LogP contribution in [0.4, 0.5) is 0 Å². The first-order valence-corrected chi connectivity index (χ1v) is 17.2. The molecule has 0 aliphatic heterocycles. The van der Waals surface area contributed by atoms with Crippen LogP contribution in [-0.4, -0.2) is 9.97 Å². The zero-order valence-electron chi connectivity index (χ0n) is 27.6. The summed E-state index contributed by atoms with van der Waals surface area (Å²) in [5.74, 6) is 0.695. The smallest absolute Gasteiger partial charge is 0.160 e. The molecule has 0 N–H and O–H groups in total. The molecule has 238 valence electrons. The van der Waals surface area contributed by atoms with E-state index >= 15 is 0 Å². The van der Waals surface area contributed by atoms with Crippen LogP contribution in [-0.2, 0) is 0 Å². The molecule has 2 aromatic heterocycles. The number of para-hydroxylation sites is 1.